The lowest BCUT2D eigenvalue weighted by molar-refractivity contribution is 0.277. The highest BCUT2D eigenvalue weighted by Gasteiger charge is 2.16. The van der Waals surface area contributed by atoms with Crippen LogP contribution in [0.3, 0.4) is 0 Å². The Balaban J connectivity index is 1.59. The smallest absolute Gasteiger partial charge is 0.165 e. The van der Waals surface area contributed by atoms with Crippen LogP contribution in [0, 0.1) is 0 Å². The van der Waals surface area contributed by atoms with E-state index in [0.717, 1.165) is 30.4 Å². The van der Waals surface area contributed by atoms with Crippen molar-refractivity contribution < 1.29 is 0 Å². The Morgan fingerprint density at radius 2 is 2.25 bits per heavy atom. The standard InChI is InChI=1S/C13H20N6S/c1-10-7-18(5-6-20-10)3-2-4-19-9-17-11-12(14)15-8-16-13(11)19/h8-10H,2-7H2,1H3,(H2,14,15,16). The van der Waals surface area contributed by atoms with Gasteiger partial charge in [-0.15, -0.1) is 0 Å². The zero-order valence-corrected chi connectivity index (χ0v) is 12.5. The molecule has 1 atom stereocenters. The fourth-order valence-corrected chi connectivity index (χ4v) is 3.70. The van der Waals surface area contributed by atoms with Crippen molar-refractivity contribution in [3.63, 3.8) is 0 Å². The molecule has 2 N–H and O–H groups in total. The lowest BCUT2D eigenvalue weighted by Crippen LogP contribution is -2.37. The Hall–Kier alpha value is -1.34. The highest BCUT2D eigenvalue weighted by Crippen LogP contribution is 2.18. The molecule has 0 saturated carbocycles. The maximum atomic E-state index is 5.79. The van der Waals surface area contributed by atoms with Crippen molar-refractivity contribution in [1.82, 2.24) is 24.4 Å². The van der Waals surface area contributed by atoms with Crippen LogP contribution >= 0.6 is 11.8 Å². The molecule has 1 saturated heterocycles. The number of anilines is 1. The van der Waals surface area contributed by atoms with Crippen molar-refractivity contribution in [2.75, 3.05) is 31.1 Å². The van der Waals surface area contributed by atoms with Crippen LogP contribution in [0.2, 0.25) is 0 Å². The van der Waals surface area contributed by atoms with Crippen molar-refractivity contribution in [2.24, 2.45) is 0 Å². The van der Waals surface area contributed by atoms with E-state index in [4.69, 9.17) is 5.73 Å². The van der Waals surface area contributed by atoms with E-state index in [9.17, 15) is 0 Å². The molecule has 20 heavy (non-hydrogen) atoms. The Labute approximate surface area is 122 Å². The first-order valence-corrected chi connectivity index (χ1v) is 8.04. The predicted molar refractivity (Wildman–Crippen MR) is 82.7 cm³/mol. The molecule has 0 aliphatic carbocycles. The summed E-state index contributed by atoms with van der Waals surface area (Å²) in [7, 11) is 0. The van der Waals surface area contributed by atoms with Crippen LogP contribution in [0.5, 0.6) is 0 Å². The van der Waals surface area contributed by atoms with Gasteiger partial charge in [-0.25, -0.2) is 15.0 Å². The van der Waals surface area contributed by atoms with Gasteiger partial charge in [0.15, 0.2) is 11.5 Å². The molecule has 1 unspecified atom stereocenters. The summed E-state index contributed by atoms with van der Waals surface area (Å²) in [6.45, 7) is 6.76. The summed E-state index contributed by atoms with van der Waals surface area (Å²) >= 11 is 2.07. The largest absolute Gasteiger partial charge is 0.382 e. The van der Waals surface area contributed by atoms with Crippen LogP contribution in [-0.4, -0.2) is 55.1 Å². The fraction of sp³-hybridized carbons (Fsp3) is 0.615. The molecule has 1 aliphatic rings. The summed E-state index contributed by atoms with van der Waals surface area (Å²) < 4.78 is 2.06. The average Bonchev–Trinajstić information content (AvgIpc) is 2.84. The van der Waals surface area contributed by atoms with E-state index in [1.54, 1.807) is 0 Å². The quantitative estimate of drug-likeness (QED) is 0.914. The Morgan fingerprint density at radius 3 is 3.10 bits per heavy atom. The van der Waals surface area contributed by atoms with Gasteiger partial charge in [0.05, 0.1) is 6.33 Å². The Bertz CT molecular complexity index is 583. The van der Waals surface area contributed by atoms with Crippen LogP contribution in [0.4, 0.5) is 5.82 Å². The molecule has 0 aromatic carbocycles. The summed E-state index contributed by atoms with van der Waals surface area (Å²) in [6, 6.07) is 0. The van der Waals surface area contributed by atoms with Gasteiger partial charge in [-0.2, -0.15) is 11.8 Å². The van der Waals surface area contributed by atoms with Gasteiger partial charge in [-0.3, -0.25) is 0 Å². The zero-order chi connectivity index (χ0) is 13.9. The number of hydrogen-bond acceptors (Lipinski definition) is 6. The second-order valence-corrected chi connectivity index (χ2v) is 6.75. The van der Waals surface area contributed by atoms with E-state index >= 15 is 0 Å². The summed E-state index contributed by atoms with van der Waals surface area (Å²) in [4.78, 5) is 15.1. The van der Waals surface area contributed by atoms with Gasteiger partial charge in [0, 0.05) is 30.6 Å². The van der Waals surface area contributed by atoms with Crippen LogP contribution in [0.1, 0.15) is 13.3 Å². The molecule has 3 rings (SSSR count). The second kappa shape index (κ2) is 5.97. The van der Waals surface area contributed by atoms with Crippen LogP contribution in [-0.2, 0) is 6.54 Å². The molecule has 6 nitrogen and oxygen atoms in total. The third-order valence-electron chi connectivity index (χ3n) is 3.63. The summed E-state index contributed by atoms with van der Waals surface area (Å²) in [6.07, 6.45) is 4.41. The highest BCUT2D eigenvalue weighted by molar-refractivity contribution is 7.99. The van der Waals surface area contributed by atoms with Gasteiger partial charge in [-0.1, -0.05) is 6.92 Å². The topological polar surface area (TPSA) is 72.9 Å². The lowest BCUT2D eigenvalue weighted by Gasteiger charge is -2.30. The number of aryl methyl sites for hydroxylation is 1. The number of thioether (sulfide) groups is 1. The van der Waals surface area contributed by atoms with Gasteiger partial charge in [0.1, 0.15) is 11.8 Å². The van der Waals surface area contributed by atoms with E-state index in [0.29, 0.717) is 11.3 Å². The second-order valence-electron chi connectivity index (χ2n) is 5.20. The first-order valence-electron chi connectivity index (χ1n) is 6.99. The molecular formula is C13H20N6S. The van der Waals surface area contributed by atoms with E-state index in [1.807, 2.05) is 6.33 Å². The molecule has 2 aromatic heterocycles. The summed E-state index contributed by atoms with van der Waals surface area (Å²) in [5.74, 6) is 1.70. The Morgan fingerprint density at radius 1 is 1.35 bits per heavy atom. The maximum Gasteiger partial charge on any atom is 0.165 e. The third-order valence-corrected chi connectivity index (χ3v) is 4.76. The number of fused-ring (bicyclic) bond motifs is 1. The molecule has 1 fully saturated rings. The Kier molecular flexibility index (Phi) is 4.07. The van der Waals surface area contributed by atoms with Gasteiger partial charge in [-0.05, 0) is 13.0 Å². The number of nitrogens with two attached hydrogens (primary N) is 1. The van der Waals surface area contributed by atoms with Gasteiger partial charge < -0.3 is 15.2 Å². The number of aromatic nitrogens is 4. The third kappa shape index (κ3) is 2.88. The molecule has 0 spiro atoms. The van der Waals surface area contributed by atoms with Crippen molar-refractivity contribution in [3.05, 3.63) is 12.7 Å². The number of hydrogen-bond donors (Lipinski definition) is 1. The van der Waals surface area contributed by atoms with Crippen molar-refractivity contribution in [2.45, 2.75) is 25.1 Å². The zero-order valence-electron chi connectivity index (χ0n) is 11.7. The molecular weight excluding hydrogens is 272 g/mol. The van der Waals surface area contributed by atoms with Crippen LogP contribution in [0.25, 0.3) is 11.2 Å². The molecule has 3 heterocycles. The van der Waals surface area contributed by atoms with Crippen molar-refractivity contribution in [3.8, 4) is 0 Å². The molecule has 0 radical (unpaired) electrons. The molecule has 108 valence electrons. The number of rotatable bonds is 4. The fourth-order valence-electron chi connectivity index (χ4n) is 2.62. The number of nitrogens with zero attached hydrogens (tertiary/aromatic N) is 5. The normalized spacial score (nSPS) is 20.6. The molecule has 1 aliphatic heterocycles. The highest BCUT2D eigenvalue weighted by atomic mass is 32.2. The lowest BCUT2D eigenvalue weighted by atomic mass is 10.3. The molecule has 0 amide bonds. The average molecular weight is 292 g/mol. The minimum Gasteiger partial charge on any atom is -0.382 e. The molecule has 0 bridgehead atoms. The monoisotopic (exact) mass is 292 g/mol. The van der Waals surface area contributed by atoms with E-state index in [-0.39, 0.29) is 0 Å². The van der Waals surface area contributed by atoms with Crippen LogP contribution < -0.4 is 5.73 Å². The number of imidazole rings is 1. The minimum atomic E-state index is 0.454. The summed E-state index contributed by atoms with van der Waals surface area (Å²) in [5, 5.41) is 0.755. The first kappa shape index (κ1) is 13.6. The van der Waals surface area contributed by atoms with Gasteiger partial charge in [0.2, 0.25) is 0 Å². The van der Waals surface area contributed by atoms with Gasteiger partial charge >= 0.3 is 0 Å². The number of nitrogen functional groups attached to an aromatic ring is 1. The van der Waals surface area contributed by atoms with E-state index < -0.39 is 0 Å². The van der Waals surface area contributed by atoms with Gasteiger partial charge in [0.25, 0.3) is 0 Å². The predicted octanol–water partition coefficient (Wildman–Crippen LogP) is 1.24. The van der Waals surface area contributed by atoms with Crippen molar-refractivity contribution in [1.29, 1.82) is 0 Å². The SMILES string of the molecule is CC1CN(CCCn2cnc3c(N)ncnc32)CCS1. The minimum absolute atomic E-state index is 0.454. The maximum absolute atomic E-state index is 5.79. The summed E-state index contributed by atoms with van der Waals surface area (Å²) in [5.41, 5.74) is 7.33. The van der Waals surface area contributed by atoms with E-state index in [2.05, 4.69) is 43.1 Å². The molecule has 7 heteroatoms. The molecule has 2 aromatic rings. The first-order chi connectivity index (χ1) is 9.74. The van der Waals surface area contributed by atoms with Crippen LogP contribution in [0.15, 0.2) is 12.7 Å². The van der Waals surface area contributed by atoms with E-state index in [1.165, 1.54) is 25.2 Å². The van der Waals surface area contributed by atoms with Crippen molar-refractivity contribution >= 4 is 28.7 Å².